The number of carbonyl (C=O) groups excluding carboxylic acids is 3. The first-order valence-electron chi connectivity index (χ1n) is 13.4. The Morgan fingerprint density at radius 3 is 2.30 bits per heavy atom. The third-order valence-electron chi connectivity index (χ3n) is 8.17. The number of ether oxygens (including phenoxy) is 1. The summed E-state index contributed by atoms with van der Waals surface area (Å²) in [6.45, 7) is 0.833. The van der Waals surface area contributed by atoms with Crippen LogP contribution in [0.15, 0.2) is 60.7 Å². The van der Waals surface area contributed by atoms with Crippen molar-refractivity contribution in [1.29, 1.82) is 0 Å². The summed E-state index contributed by atoms with van der Waals surface area (Å²) >= 11 is 0. The first kappa shape index (κ1) is 25.3. The summed E-state index contributed by atoms with van der Waals surface area (Å²) in [7, 11) is 0. The Kier molecular flexibility index (Phi) is 7.74. The van der Waals surface area contributed by atoms with Crippen molar-refractivity contribution in [2.45, 2.75) is 63.3 Å². The van der Waals surface area contributed by atoms with Crippen LogP contribution < -0.4 is 11.1 Å². The van der Waals surface area contributed by atoms with E-state index in [1.807, 2.05) is 60.7 Å². The molecule has 0 unspecified atom stereocenters. The average molecular weight is 505 g/mol. The van der Waals surface area contributed by atoms with Gasteiger partial charge in [0.1, 0.15) is 6.61 Å². The van der Waals surface area contributed by atoms with Crippen LogP contribution >= 0.6 is 0 Å². The summed E-state index contributed by atoms with van der Waals surface area (Å²) in [5, 5.41) is 2.98. The van der Waals surface area contributed by atoms with Crippen LogP contribution in [0.5, 0.6) is 0 Å². The van der Waals surface area contributed by atoms with Crippen LogP contribution in [0.25, 0.3) is 0 Å². The molecule has 0 aromatic heterocycles. The highest BCUT2D eigenvalue weighted by Gasteiger charge is 2.55. The van der Waals surface area contributed by atoms with Crippen LogP contribution in [0.2, 0.25) is 0 Å². The first-order valence-corrected chi connectivity index (χ1v) is 13.4. The van der Waals surface area contributed by atoms with Crippen LogP contribution in [-0.4, -0.2) is 58.9 Å². The van der Waals surface area contributed by atoms with Crippen molar-refractivity contribution < 1.29 is 19.1 Å². The van der Waals surface area contributed by atoms with Crippen LogP contribution in [0.3, 0.4) is 0 Å². The maximum atomic E-state index is 13.6. The molecule has 2 saturated heterocycles. The molecule has 5 rings (SSSR count). The Bertz CT molecular complexity index is 1090. The maximum absolute atomic E-state index is 13.6. The third kappa shape index (κ3) is 5.49. The molecule has 2 aromatic carbocycles. The molecule has 8 nitrogen and oxygen atoms in total. The van der Waals surface area contributed by atoms with Crippen molar-refractivity contribution in [2.24, 2.45) is 17.6 Å². The highest BCUT2D eigenvalue weighted by molar-refractivity contribution is 5.95. The quantitative estimate of drug-likeness (QED) is 0.623. The number of hydrogen-bond donors (Lipinski definition) is 2. The standard InChI is InChI=1S/C29H36N4O4/c30-25(21-12-6-2-7-13-21)28(35)32-17-16-24-26(32)23(27(34)31-22-14-8-3-9-15-22)18-33(24)29(36)37-19-20-10-4-1-5-11-20/h1,3-5,8-11,14-15,21,23-26H,2,6-7,12-13,16-19,30H2,(H,31,34)/t23-,24+,25-,26+/m0/s1. The van der Waals surface area contributed by atoms with E-state index in [-0.39, 0.29) is 36.9 Å². The van der Waals surface area contributed by atoms with Crippen molar-refractivity contribution >= 4 is 23.6 Å². The molecule has 2 aromatic rings. The molecule has 1 saturated carbocycles. The minimum atomic E-state index is -0.573. The minimum Gasteiger partial charge on any atom is -0.445 e. The number of para-hydroxylation sites is 1. The lowest BCUT2D eigenvalue weighted by Gasteiger charge is -2.33. The van der Waals surface area contributed by atoms with E-state index in [9.17, 15) is 14.4 Å². The fraction of sp³-hybridized carbons (Fsp3) is 0.483. The molecule has 0 spiro atoms. The van der Waals surface area contributed by atoms with Gasteiger partial charge in [-0.15, -0.1) is 0 Å². The number of hydrogen-bond acceptors (Lipinski definition) is 5. The van der Waals surface area contributed by atoms with E-state index >= 15 is 0 Å². The molecule has 37 heavy (non-hydrogen) atoms. The number of fused-ring (bicyclic) bond motifs is 1. The van der Waals surface area contributed by atoms with Crippen LogP contribution in [0.1, 0.15) is 44.1 Å². The Labute approximate surface area is 218 Å². The Morgan fingerprint density at radius 2 is 1.59 bits per heavy atom. The summed E-state index contributed by atoms with van der Waals surface area (Å²) in [5.74, 6) is -0.702. The van der Waals surface area contributed by atoms with Gasteiger partial charge in [-0.2, -0.15) is 0 Å². The SMILES string of the molecule is N[C@H](C(=O)N1CC[C@@H]2[C@H]1[C@@H](C(=O)Nc1ccccc1)CN2C(=O)OCc1ccccc1)C1CCCCC1. The van der Waals surface area contributed by atoms with E-state index < -0.39 is 24.1 Å². The maximum Gasteiger partial charge on any atom is 0.410 e. The monoisotopic (exact) mass is 504 g/mol. The van der Waals surface area contributed by atoms with Gasteiger partial charge in [0.05, 0.1) is 24.0 Å². The second-order valence-electron chi connectivity index (χ2n) is 10.5. The van der Waals surface area contributed by atoms with Gasteiger partial charge in [-0.1, -0.05) is 67.8 Å². The van der Waals surface area contributed by atoms with E-state index in [0.29, 0.717) is 18.7 Å². The second kappa shape index (κ2) is 11.3. The number of amides is 3. The summed E-state index contributed by atoms with van der Waals surface area (Å²) in [6, 6.07) is 17.5. The van der Waals surface area contributed by atoms with Crippen LogP contribution in [0, 0.1) is 11.8 Å². The lowest BCUT2D eigenvalue weighted by molar-refractivity contribution is -0.136. The van der Waals surface area contributed by atoms with Gasteiger partial charge >= 0.3 is 6.09 Å². The van der Waals surface area contributed by atoms with Gasteiger partial charge in [0.15, 0.2) is 0 Å². The highest BCUT2D eigenvalue weighted by Crippen LogP contribution is 2.38. The molecule has 3 amide bonds. The zero-order chi connectivity index (χ0) is 25.8. The Hall–Kier alpha value is -3.39. The molecule has 3 N–H and O–H groups in total. The third-order valence-corrected chi connectivity index (χ3v) is 8.17. The molecule has 2 heterocycles. The Balaban J connectivity index is 1.34. The molecule has 3 fully saturated rings. The van der Waals surface area contributed by atoms with Gasteiger partial charge in [-0.3, -0.25) is 9.59 Å². The summed E-state index contributed by atoms with van der Waals surface area (Å²) < 4.78 is 5.63. The number of benzene rings is 2. The summed E-state index contributed by atoms with van der Waals surface area (Å²) in [5.41, 5.74) is 8.09. The van der Waals surface area contributed by atoms with Gasteiger partial charge < -0.3 is 25.6 Å². The van der Waals surface area contributed by atoms with E-state index in [0.717, 1.165) is 31.2 Å². The summed E-state index contributed by atoms with van der Waals surface area (Å²) in [6.07, 6.45) is 5.45. The van der Waals surface area contributed by atoms with Gasteiger partial charge in [0.25, 0.3) is 0 Å². The molecule has 0 bridgehead atoms. The molecule has 196 valence electrons. The van der Waals surface area contributed by atoms with Crippen LogP contribution in [-0.2, 0) is 20.9 Å². The van der Waals surface area contributed by atoms with E-state index in [2.05, 4.69) is 5.32 Å². The fourth-order valence-electron chi connectivity index (χ4n) is 6.23. The highest BCUT2D eigenvalue weighted by atomic mass is 16.6. The smallest absolute Gasteiger partial charge is 0.410 e. The molecule has 1 aliphatic carbocycles. The summed E-state index contributed by atoms with van der Waals surface area (Å²) in [4.78, 5) is 43.7. The molecule has 3 aliphatic rings. The lowest BCUT2D eigenvalue weighted by atomic mass is 9.83. The second-order valence-corrected chi connectivity index (χ2v) is 10.5. The van der Waals surface area contributed by atoms with Crippen molar-refractivity contribution in [3.8, 4) is 0 Å². The zero-order valence-electron chi connectivity index (χ0n) is 21.1. The fourth-order valence-corrected chi connectivity index (χ4v) is 6.23. The zero-order valence-corrected chi connectivity index (χ0v) is 21.1. The van der Waals surface area contributed by atoms with Crippen molar-refractivity contribution in [3.05, 3.63) is 66.2 Å². The van der Waals surface area contributed by atoms with E-state index in [1.54, 1.807) is 9.80 Å². The normalized spacial score (nSPS) is 24.4. The van der Waals surface area contributed by atoms with Crippen LogP contribution in [0.4, 0.5) is 10.5 Å². The molecule has 4 atom stereocenters. The lowest BCUT2D eigenvalue weighted by Crippen LogP contribution is -2.53. The number of likely N-dealkylation sites (tertiary alicyclic amines) is 2. The van der Waals surface area contributed by atoms with Crippen molar-refractivity contribution in [2.75, 3.05) is 18.4 Å². The number of carbonyl (C=O) groups is 3. The molecule has 0 radical (unpaired) electrons. The van der Waals surface area contributed by atoms with E-state index in [4.69, 9.17) is 10.5 Å². The van der Waals surface area contributed by atoms with Crippen molar-refractivity contribution in [3.63, 3.8) is 0 Å². The van der Waals surface area contributed by atoms with E-state index in [1.165, 1.54) is 6.42 Å². The van der Waals surface area contributed by atoms with Gasteiger partial charge in [-0.05, 0) is 42.9 Å². The molecular formula is C29H36N4O4. The minimum absolute atomic E-state index is 0.101. The number of rotatable bonds is 6. The molecular weight excluding hydrogens is 468 g/mol. The first-order chi connectivity index (χ1) is 18.0. The number of nitrogens with one attached hydrogen (secondary N) is 1. The number of anilines is 1. The number of nitrogens with two attached hydrogens (primary N) is 1. The van der Waals surface area contributed by atoms with Gasteiger partial charge in [-0.25, -0.2) is 4.79 Å². The predicted molar refractivity (Wildman–Crippen MR) is 140 cm³/mol. The Morgan fingerprint density at radius 1 is 0.919 bits per heavy atom. The molecule has 2 aliphatic heterocycles. The van der Waals surface area contributed by atoms with Gasteiger partial charge in [0, 0.05) is 18.8 Å². The molecule has 8 heteroatoms. The predicted octanol–water partition coefficient (Wildman–Crippen LogP) is 3.77. The van der Waals surface area contributed by atoms with Crippen molar-refractivity contribution in [1.82, 2.24) is 9.80 Å². The topological polar surface area (TPSA) is 105 Å². The largest absolute Gasteiger partial charge is 0.445 e. The van der Waals surface area contributed by atoms with Gasteiger partial charge in [0.2, 0.25) is 11.8 Å². The average Bonchev–Trinajstić information content (AvgIpc) is 3.53. The number of nitrogens with zero attached hydrogens (tertiary/aromatic N) is 2.